The molecule has 0 radical (unpaired) electrons. The van der Waals surface area contributed by atoms with Crippen LogP contribution in [0.3, 0.4) is 0 Å². The zero-order valence-corrected chi connectivity index (χ0v) is 19.0. The largest absolute Gasteiger partial charge is 0.0950 e. The van der Waals surface area contributed by atoms with Crippen molar-refractivity contribution < 1.29 is 0 Å². The van der Waals surface area contributed by atoms with Crippen LogP contribution in [0.25, 0.3) is 0 Å². The Morgan fingerprint density at radius 3 is 1.05 bits per heavy atom. The van der Waals surface area contributed by atoms with Gasteiger partial charge in [-0.2, -0.15) is 0 Å². The maximum Gasteiger partial charge on any atom is -0.0172 e. The predicted octanol–water partition coefficient (Wildman–Crippen LogP) is 7.53. The maximum atomic E-state index is 2.54. The summed E-state index contributed by atoms with van der Waals surface area (Å²) in [6, 6.07) is 0. The molecule has 0 saturated carbocycles. The molecule has 0 amide bonds. The van der Waals surface area contributed by atoms with Gasteiger partial charge in [0.05, 0.1) is 0 Å². The smallest absolute Gasteiger partial charge is 0.0172 e. The molecule has 0 spiro atoms. The fourth-order valence-corrected chi connectivity index (χ4v) is 13.7. The van der Waals surface area contributed by atoms with Gasteiger partial charge in [0.1, 0.15) is 0 Å². The lowest BCUT2D eigenvalue weighted by molar-refractivity contribution is 0.680. The highest BCUT2D eigenvalue weighted by atomic mass is 31.1. The molecule has 0 N–H and O–H groups in total. The average molecular weight is 332 g/mol. The van der Waals surface area contributed by atoms with E-state index in [1.165, 1.54) is 6.16 Å². The fraction of sp³-hybridized carbons (Fsp3) is 1.00. The van der Waals surface area contributed by atoms with E-state index in [9.17, 15) is 0 Å². The molecule has 0 aromatic heterocycles. The van der Waals surface area contributed by atoms with Gasteiger partial charge in [0.15, 0.2) is 0 Å². The average Bonchev–Trinajstić information content (AvgIpc) is 2.04. The summed E-state index contributed by atoms with van der Waals surface area (Å²) in [4.78, 5) is 0. The Morgan fingerprint density at radius 1 is 0.571 bits per heavy atom. The molecule has 0 aliphatic rings. The third-order valence-corrected chi connectivity index (χ3v) is 12.3. The van der Waals surface area contributed by atoms with Crippen LogP contribution in [0.4, 0.5) is 0 Å². The van der Waals surface area contributed by atoms with Gasteiger partial charge >= 0.3 is 0 Å². The molecule has 1 unspecified atom stereocenters. The lowest BCUT2D eigenvalue weighted by Crippen LogP contribution is -2.35. The van der Waals surface area contributed by atoms with Gasteiger partial charge in [0, 0.05) is 0 Å². The second kappa shape index (κ2) is 6.77. The Balaban J connectivity index is 5.44. The third kappa shape index (κ3) is 6.87. The van der Waals surface area contributed by atoms with E-state index in [2.05, 4.69) is 90.0 Å². The highest BCUT2D eigenvalue weighted by Crippen LogP contribution is 2.67. The van der Waals surface area contributed by atoms with E-state index in [0.717, 1.165) is 5.66 Å². The number of rotatable bonds is 3. The molecular weight excluding hydrogens is 290 g/mol. The molecule has 0 saturated heterocycles. The first kappa shape index (κ1) is 21.9. The zero-order valence-electron chi connectivity index (χ0n) is 17.2. The molecule has 0 fully saturated rings. The van der Waals surface area contributed by atoms with E-state index < -0.39 is 0 Å². The van der Waals surface area contributed by atoms with Crippen LogP contribution >= 0.6 is 15.8 Å². The Hall–Kier alpha value is 0.860. The topological polar surface area (TPSA) is 0 Å². The van der Waals surface area contributed by atoms with Crippen molar-refractivity contribution in [1.82, 2.24) is 0 Å². The van der Waals surface area contributed by atoms with Gasteiger partial charge in [-0.15, -0.1) is 0 Å². The van der Waals surface area contributed by atoms with E-state index in [4.69, 9.17) is 0 Å². The van der Waals surface area contributed by atoms with Crippen molar-refractivity contribution in [2.45, 2.75) is 116 Å². The number of hydrogen-bond donors (Lipinski definition) is 0. The van der Waals surface area contributed by atoms with Crippen LogP contribution in [-0.4, -0.2) is 32.4 Å². The summed E-state index contributed by atoms with van der Waals surface area (Å²) in [5.74, 6) is 0. The minimum atomic E-state index is -0.0146. The quantitative estimate of drug-likeness (QED) is 0.468. The van der Waals surface area contributed by atoms with E-state index in [1.807, 2.05) is 0 Å². The third-order valence-electron chi connectivity index (χ3n) is 3.95. The van der Waals surface area contributed by atoms with Crippen LogP contribution in [0.1, 0.15) is 90.0 Å². The summed E-state index contributed by atoms with van der Waals surface area (Å²) < 4.78 is 0. The standard InChI is InChI=1S/C19H42P2/c1-15(21(18(8,9)10)19(11,12)13)14-20(16(2,3)4)17(5,6)7/h15H,14H2,1-13H3. The van der Waals surface area contributed by atoms with E-state index in [-0.39, 0.29) is 15.8 Å². The van der Waals surface area contributed by atoms with Crippen molar-refractivity contribution in [1.29, 1.82) is 0 Å². The molecule has 0 nitrogen and oxygen atoms in total. The molecule has 0 rings (SSSR count). The molecule has 0 heterocycles. The second-order valence-corrected chi connectivity index (χ2v) is 18.7. The SMILES string of the molecule is CC(CP(C(C)(C)C)C(C)(C)C)P(C(C)(C)C)C(C)(C)C. The van der Waals surface area contributed by atoms with Crippen molar-refractivity contribution in [3.8, 4) is 0 Å². The van der Waals surface area contributed by atoms with Crippen LogP contribution in [0, 0.1) is 0 Å². The summed E-state index contributed by atoms with van der Waals surface area (Å²) in [6.07, 6.45) is 1.42. The van der Waals surface area contributed by atoms with Crippen LogP contribution in [0.5, 0.6) is 0 Å². The van der Waals surface area contributed by atoms with Gasteiger partial charge in [0.25, 0.3) is 0 Å². The van der Waals surface area contributed by atoms with Crippen molar-refractivity contribution >= 4 is 15.8 Å². The normalized spacial score (nSPS) is 16.7. The van der Waals surface area contributed by atoms with Gasteiger partial charge in [-0.1, -0.05) is 106 Å². The lowest BCUT2D eigenvalue weighted by atomic mass is 10.2. The van der Waals surface area contributed by atoms with Crippen molar-refractivity contribution in [3.05, 3.63) is 0 Å². The first-order valence-corrected chi connectivity index (χ1v) is 11.4. The van der Waals surface area contributed by atoms with Crippen LogP contribution in [0.2, 0.25) is 0 Å². The fourth-order valence-electron chi connectivity index (χ4n) is 4.23. The van der Waals surface area contributed by atoms with Gasteiger partial charge in [-0.05, 0) is 32.4 Å². The van der Waals surface area contributed by atoms with Crippen molar-refractivity contribution in [3.63, 3.8) is 0 Å². The molecule has 0 aliphatic carbocycles. The zero-order chi connectivity index (χ0) is 17.4. The van der Waals surface area contributed by atoms with Gasteiger partial charge < -0.3 is 0 Å². The summed E-state index contributed by atoms with van der Waals surface area (Å²) in [5.41, 5.74) is 0.838. The Kier molecular flexibility index (Phi) is 7.05. The summed E-state index contributed by atoms with van der Waals surface area (Å²) in [6.45, 7) is 32.0. The molecule has 128 valence electrons. The van der Waals surface area contributed by atoms with E-state index in [1.54, 1.807) is 0 Å². The van der Waals surface area contributed by atoms with E-state index >= 15 is 0 Å². The molecular formula is C19H42P2. The summed E-state index contributed by atoms with van der Waals surface area (Å²) in [7, 11) is -0.00731. The Morgan fingerprint density at radius 2 is 0.857 bits per heavy atom. The first-order chi connectivity index (χ1) is 8.88. The minimum absolute atomic E-state index is 0.00727. The Labute approximate surface area is 138 Å². The van der Waals surface area contributed by atoms with Gasteiger partial charge in [-0.3, -0.25) is 0 Å². The molecule has 0 aromatic rings. The highest BCUT2D eigenvalue weighted by Gasteiger charge is 2.42. The molecule has 0 aromatic carbocycles. The van der Waals surface area contributed by atoms with E-state index in [0.29, 0.717) is 20.6 Å². The van der Waals surface area contributed by atoms with Crippen molar-refractivity contribution in [2.75, 3.05) is 6.16 Å². The molecule has 0 bridgehead atoms. The van der Waals surface area contributed by atoms with Gasteiger partial charge in [-0.25, -0.2) is 0 Å². The Bertz CT molecular complexity index is 289. The maximum absolute atomic E-state index is 2.54. The second-order valence-electron chi connectivity index (χ2n) is 10.5. The minimum Gasteiger partial charge on any atom is -0.0950 e. The van der Waals surface area contributed by atoms with Crippen LogP contribution < -0.4 is 0 Å². The summed E-state index contributed by atoms with van der Waals surface area (Å²) in [5, 5.41) is 1.75. The van der Waals surface area contributed by atoms with Gasteiger partial charge in [0.2, 0.25) is 0 Å². The molecule has 0 aliphatic heterocycles. The monoisotopic (exact) mass is 332 g/mol. The first-order valence-electron chi connectivity index (χ1n) is 8.45. The van der Waals surface area contributed by atoms with Crippen molar-refractivity contribution in [2.24, 2.45) is 0 Å². The molecule has 2 heteroatoms. The molecule has 1 atom stereocenters. The highest BCUT2D eigenvalue weighted by molar-refractivity contribution is 7.65. The van der Waals surface area contributed by atoms with Crippen LogP contribution in [0.15, 0.2) is 0 Å². The predicted molar refractivity (Wildman–Crippen MR) is 107 cm³/mol. The molecule has 21 heavy (non-hydrogen) atoms. The van der Waals surface area contributed by atoms with Crippen LogP contribution in [-0.2, 0) is 0 Å². The summed E-state index contributed by atoms with van der Waals surface area (Å²) >= 11 is 0. The lowest BCUT2D eigenvalue weighted by Gasteiger charge is -2.49. The number of hydrogen-bond acceptors (Lipinski definition) is 0.